The number of piperazine rings is 1. The lowest BCUT2D eigenvalue weighted by atomic mass is 9.84. The summed E-state index contributed by atoms with van der Waals surface area (Å²) in [6.45, 7) is 5.38. The summed E-state index contributed by atoms with van der Waals surface area (Å²) in [7, 11) is 1.64. The smallest absolute Gasteiger partial charge is 0.142 e. The molecule has 0 bridgehead atoms. The fourth-order valence-electron chi connectivity index (χ4n) is 3.74. The lowest BCUT2D eigenvalue weighted by molar-refractivity contribution is 0.0199. The van der Waals surface area contributed by atoms with E-state index >= 15 is 0 Å². The SMILES string of the molecule is COc1ccc(Cl)c(O)c1[C@@H](C1CCOCC1)N1CCNCC1. The monoisotopic (exact) mass is 340 g/mol. The molecule has 0 aliphatic carbocycles. The molecule has 1 aromatic rings. The summed E-state index contributed by atoms with van der Waals surface area (Å²) in [5, 5.41) is 14.4. The molecule has 23 heavy (non-hydrogen) atoms. The molecule has 2 aliphatic rings. The molecule has 2 heterocycles. The van der Waals surface area contributed by atoms with Crippen molar-refractivity contribution in [3.05, 3.63) is 22.7 Å². The fourth-order valence-corrected chi connectivity index (χ4v) is 3.90. The Hall–Kier alpha value is -1.01. The molecular weight excluding hydrogens is 316 g/mol. The number of hydrogen-bond donors (Lipinski definition) is 2. The molecule has 3 rings (SSSR count). The van der Waals surface area contributed by atoms with Crippen LogP contribution in [0.5, 0.6) is 11.5 Å². The number of phenols is 1. The minimum absolute atomic E-state index is 0.106. The zero-order valence-electron chi connectivity index (χ0n) is 13.6. The summed E-state index contributed by atoms with van der Waals surface area (Å²) in [5.74, 6) is 1.29. The van der Waals surface area contributed by atoms with E-state index in [0.29, 0.717) is 16.7 Å². The Morgan fingerprint density at radius 3 is 2.65 bits per heavy atom. The van der Waals surface area contributed by atoms with Crippen LogP contribution in [0, 0.1) is 5.92 Å². The number of hydrogen-bond acceptors (Lipinski definition) is 5. The van der Waals surface area contributed by atoms with Crippen LogP contribution < -0.4 is 10.1 Å². The Morgan fingerprint density at radius 1 is 1.30 bits per heavy atom. The van der Waals surface area contributed by atoms with Gasteiger partial charge in [-0.15, -0.1) is 0 Å². The molecule has 128 valence electrons. The number of aromatic hydroxyl groups is 1. The summed E-state index contributed by atoms with van der Waals surface area (Å²) in [6, 6.07) is 3.65. The van der Waals surface area contributed by atoms with Gasteiger partial charge in [0.05, 0.1) is 17.7 Å². The van der Waals surface area contributed by atoms with Gasteiger partial charge in [0, 0.05) is 45.4 Å². The van der Waals surface area contributed by atoms with Crippen LogP contribution in [0.25, 0.3) is 0 Å². The van der Waals surface area contributed by atoms with Gasteiger partial charge in [0.2, 0.25) is 0 Å². The van der Waals surface area contributed by atoms with Crippen LogP contribution in [0.4, 0.5) is 0 Å². The van der Waals surface area contributed by atoms with E-state index in [1.807, 2.05) is 6.07 Å². The summed E-state index contributed by atoms with van der Waals surface area (Å²) < 4.78 is 11.1. The van der Waals surface area contributed by atoms with Crippen molar-refractivity contribution in [1.82, 2.24) is 10.2 Å². The molecular formula is C17H25ClN2O3. The number of rotatable bonds is 4. The largest absolute Gasteiger partial charge is 0.506 e. The number of nitrogens with one attached hydrogen (secondary N) is 1. The number of ether oxygens (including phenoxy) is 2. The molecule has 2 N–H and O–H groups in total. The molecule has 0 spiro atoms. The lowest BCUT2D eigenvalue weighted by Crippen LogP contribution is -2.47. The van der Waals surface area contributed by atoms with Gasteiger partial charge in [0.15, 0.2) is 0 Å². The number of methoxy groups -OCH3 is 1. The average Bonchev–Trinajstić information content (AvgIpc) is 2.61. The zero-order chi connectivity index (χ0) is 16.2. The molecule has 0 aromatic heterocycles. The second kappa shape index (κ2) is 7.71. The second-order valence-electron chi connectivity index (χ2n) is 6.19. The van der Waals surface area contributed by atoms with Gasteiger partial charge < -0.3 is 19.9 Å². The van der Waals surface area contributed by atoms with Crippen LogP contribution in [0.2, 0.25) is 5.02 Å². The van der Waals surface area contributed by atoms with E-state index in [1.54, 1.807) is 13.2 Å². The summed E-state index contributed by atoms with van der Waals surface area (Å²) in [6.07, 6.45) is 1.98. The van der Waals surface area contributed by atoms with E-state index in [-0.39, 0.29) is 11.8 Å². The van der Waals surface area contributed by atoms with Crippen LogP contribution in [0.1, 0.15) is 24.4 Å². The lowest BCUT2D eigenvalue weighted by Gasteiger charge is -2.41. The van der Waals surface area contributed by atoms with Gasteiger partial charge >= 0.3 is 0 Å². The van der Waals surface area contributed by atoms with Gasteiger partial charge in [0.25, 0.3) is 0 Å². The molecule has 6 heteroatoms. The number of benzene rings is 1. The van der Waals surface area contributed by atoms with Crippen molar-refractivity contribution >= 4 is 11.6 Å². The minimum atomic E-state index is 0.106. The number of halogens is 1. The first-order chi connectivity index (χ1) is 11.2. The molecule has 2 saturated heterocycles. The van der Waals surface area contributed by atoms with Crippen molar-refractivity contribution < 1.29 is 14.6 Å². The molecule has 0 saturated carbocycles. The first-order valence-electron chi connectivity index (χ1n) is 8.30. The van der Waals surface area contributed by atoms with Crippen molar-refractivity contribution in [2.24, 2.45) is 5.92 Å². The third-order valence-corrected chi connectivity index (χ3v) is 5.21. The van der Waals surface area contributed by atoms with E-state index in [1.165, 1.54) is 0 Å². The standard InChI is InChI=1S/C17H25ClN2O3/c1-22-14-3-2-13(18)17(21)15(14)16(12-4-10-23-11-5-12)20-8-6-19-7-9-20/h2-3,12,16,19,21H,4-11H2,1H3/t16-/m1/s1. The Balaban J connectivity index is 2.01. The highest BCUT2D eigenvalue weighted by Gasteiger charge is 2.35. The van der Waals surface area contributed by atoms with Gasteiger partial charge in [-0.3, -0.25) is 4.90 Å². The van der Waals surface area contributed by atoms with Crippen LogP contribution in [0.3, 0.4) is 0 Å². The van der Waals surface area contributed by atoms with E-state index in [0.717, 1.165) is 57.8 Å². The molecule has 5 nitrogen and oxygen atoms in total. The highest BCUT2D eigenvalue weighted by atomic mass is 35.5. The quantitative estimate of drug-likeness (QED) is 0.881. The number of phenolic OH excluding ortho intramolecular Hbond substituents is 1. The van der Waals surface area contributed by atoms with E-state index in [2.05, 4.69) is 10.2 Å². The Bertz CT molecular complexity index is 511. The fraction of sp³-hybridized carbons (Fsp3) is 0.647. The Morgan fingerprint density at radius 2 is 2.00 bits per heavy atom. The maximum absolute atomic E-state index is 10.7. The zero-order valence-corrected chi connectivity index (χ0v) is 14.3. The first-order valence-corrected chi connectivity index (χ1v) is 8.68. The van der Waals surface area contributed by atoms with Crippen molar-refractivity contribution in [2.75, 3.05) is 46.5 Å². The van der Waals surface area contributed by atoms with Gasteiger partial charge in [-0.25, -0.2) is 0 Å². The van der Waals surface area contributed by atoms with Crippen LogP contribution in [0.15, 0.2) is 12.1 Å². The van der Waals surface area contributed by atoms with Gasteiger partial charge in [0.1, 0.15) is 11.5 Å². The molecule has 0 unspecified atom stereocenters. The van der Waals surface area contributed by atoms with Gasteiger partial charge in [-0.1, -0.05) is 11.6 Å². The predicted molar refractivity (Wildman–Crippen MR) is 90.4 cm³/mol. The molecule has 2 fully saturated rings. The van der Waals surface area contributed by atoms with Crippen LogP contribution >= 0.6 is 11.6 Å². The summed E-state index contributed by atoms with van der Waals surface area (Å²) in [5.41, 5.74) is 0.828. The van der Waals surface area contributed by atoms with Gasteiger partial charge in [-0.2, -0.15) is 0 Å². The third-order valence-electron chi connectivity index (χ3n) is 4.90. The second-order valence-corrected chi connectivity index (χ2v) is 6.60. The van der Waals surface area contributed by atoms with Crippen LogP contribution in [-0.4, -0.2) is 56.5 Å². The van der Waals surface area contributed by atoms with E-state index < -0.39 is 0 Å². The molecule has 1 aromatic carbocycles. The summed E-state index contributed by atoms with van der Waals surface area (Å²) >= 11 is 6.20. The van der Waals surface area contributed by atoms with E-state index in [4.69, 9.17) is 21.1 Å². The van der Waals surface area contributed by atoms with Crippen molar-refractivity contribution in [3.63, 3.8) is 0 Å². The van der Waals surface area contributed by atoms with E-state index in [9.17, 15) is 5.11 Å². The Kier molecular flexibility index (Phi) is 5.64. The number of nitrogens with zero attached hydrogens (tertiary/aromatic N) is 1. The topological polar surface area (TPSA) is 54.0 Å². The highest BCUT2D eigenvalue weighted by Crippen LogP contribution is 2.46. The molecule has 1 atom stereocenters. The predicted octanol–water partition coefficient (Wildman–Crippen LogP) is 2.43. The van der Waals surface area contributed by atoms with Crippen molar-refractivity contribution in [3.8, 4) is 11.5 Å². The van der Waals surface area contributed by atoms with Crippen molar-refractivity contribution in [2.45, 2.75) is 18.9 Å². The maximum Gasteiger partial charge on any atom is 0.142 e. The molecule has 0 amide bonds. The highest BCUT2D eigenvalue weighted by molar-refractivity contribution is 6.32. The Labute approximate surface area is 142 Å². The molecule has 0 radical (unpaired) electrons. The minimum Gasteiger partial charge on any atom is -0.506 e. The maximum atomic E-state index is 10.7. The normalized spacial score (nSPS) is 22.0. The van der Waals surface area contributed by atoms with Crippen molar-refractivity contribution in [1.29, 1.82) is 0 Å². The van der Waals surface area contributed by atoms with Gasteiger partial charge in [-0.05, 0) is 30.9 Å². The van der Waals surface area contributed by atoms with Crippen LogP contribution in [-0.2, 0) is 4.74 Å². The molecule has 2 aliphatic heterocycles. The first kappa shape index (κ1) is 16.8. The average molecular weight is 341 g/mol. The third kappa shape index (κ3) is 3.58. The summed E-state index contributed by atoms with van der Waals surface area (Å²) in [4.78, 5) is 2.44.